The number of hydrogen-bond acceptors (Lipinski definition) is 10. The van der Waals surface area contributed by atoms with Crippen LogP contribution in [0.1, 0.15) is 37.9 Å². The van der Waals surface area contributed by atoms with Crippen LogP contribution in [0.25, 0.3) is 0 Å². The Morgan fingerprint density at radius 2 is 1.69 bits per heavy atom. The molecule has 0 radical (unpaired) electrons. The van der Waals surface area contributed by atoms with Crippen LogP contribution in [0, 0.1) is 5.92 Å². The summed E-state index contributed by atoms with van der Waals surface area (Å²) in [5, 5.41) is 13.2. The van der Waals surface area contributed by atoms with Crippen molar-refractivity contribution in [2.24, 2.45) is 5.92 Å². The molecule has 3 aliphatic heterocycles. The standard InChI is InChI=1S/C25H38N8O2S/c1-4-31-8-5-18-19(6-9-31)27-22(15-26-18)32-10-12-33(13-11-32)25-29-20-7-14-36(35)23(20)24(30-25)28-21(16-34)17(2)3/h15,17,21,34H,4-14,16H2,1-3H3,(H,28,29,30). The molecule has 0 aliphatic carbocycles. The van der Waals surface area contributed by atoms with Gasteiger partial charge >= 0.3 is 0 Å². The van der Waals surface area contributed by atoms with Gasteiger partial charge in [-0.05, 0) is 23.6 Å². The third-order valence-electron chi connectivity index (χ3n) is 7.58. The van der Waals surface area contributed by atoms with E-state index >= 15 is 0 Å². The Bertz CT molecular complexity index is 1060. The molecule has 2 unspecified atom stereocenters. The zero-order valence-electron chi connectivity index (χ0n) is 21.6. The largest absolute Gasteiger partial charge is 0.611 e. The Hall–Kier alpha value is -2.21. The lowest BCUT2D eigenvalue weighted by Gasteiger charge is -2.35. The summed E-state index contributed by atoms with van der Waals surface area (Å²) in [4.78, 5) is 27.1. The summed E-state index contributed by atoms with van der Waals surface area (Å²) >= 11 is -1.10. The predicted octanol–water partition coefficient (Wildman–Crippen LogP) is 1.11. The molecule has 0 spiro atoms. The van der Waals surface area contributed by atoms with E-state index in [1.165, 1.54) is 0 Å². The number of nitrogens with one attached hydrogen (secondary N) is 1. The molecule has 0 amide bonds. The number of piperazine rings is 1. The van der Waals surface area contributed by atoms with Crippen LogP contribution in [0.5, 0.6) is 0 Å². The zero-order chi connectivity index (χ0) is 25.2. The number of anilines is 3. The van der Waals surface area contributed by atoms with Gasteiger partial charge < -0.3 is 29.7 Å². The fourth-order valence-corrected chi connectivity index (χ4v) is 6.43. The molecule has 0 aromatic carbocycles. The van der Waals surface area contributed by atoms with Crippen LogP contribution in [0.2, 0.25) is 0 Å². The van der Waals surface area contributed by atoms with Crippen molar-refractivity contribution in [2.45, 2.75) is 51.0 Å². The maximum atomic E-state index is 12.7. The van der Waals surface area contributed by atoms with Gasteiger partial charge in [0.15, 0.2) is 5.82 Å². The molecular weight excluding hydrogens is 476 g/mol. The van der Waals surface area contributed by atoms with Gasteiger partial charge in [-0.2, -0.15) is 4.98 Å². The molecule has 196 valence electrons. The van der Waals surface area contributed by atoms with E-state index in [-0.39, 0.29) is 18.6 Å². The van der Waals surface area contributed by atoms with Crippen molar-refractivity contribution in [1.82, 2.24) is 24.8 Å². The summed E-state index contributed by atoms with van der Waals surface area (Å²) in [5.41, 5.74) is 3.14. The van der Waals surface area contributed by atoms with Gasteiger partial charge in [0.05, 0.1) is 30.2 Å². The normalized spacial score (nSPS) is 21.3. The van der Waals surface area contributed by atoms with E-state index in [9.17, 15) is 9.66 Å². The van der Waals surface area contributed by atoms with Gasteiger partial charge in [0.1, 0.15) is 17.3 Å². The Morgan fingerprint density at radius 1 is 0.972 bits per heavy atom. The second kappa shape index (κ2) is 11.0. The highest BCUT2D eigenvalue weighted by Gasteiger charge is 2.34. The van der Waals surface area contributed by atoms with E-state index in [0.717, 1.165) is 81.6 Å². The van der Waals surface area contributed by atoms with Crippen molar-refractivity contribution in [3.8, 4) is 0 Å². The molecule has 11 heteroatoms. The Labute approximate surface area is 216 Å². The molecule has 0 bridgehead atoms. The van der Waals surface area contributed by atoms with Crippen LogP contribution in [0.15, 0.2) is 11.1 Å². The Morgan fingerprint density at radius 3 is 2.39 bits per heavy atom. The summed E-state index contributed by atoms with van der Waals surface area (Å²) in [5.74, 6) is 3.03. The van der Waals surface area contributed by atoms with Crippen molar-refractivity contribution >= 4 is 28.8 Å². The first-order valence-corrected chi connectivity index (χ1v) is 14.5. The highest BCUT2D eigenvalue weighted by atomic mass is 32.2. The van der Waals surface area contributed by atoms with Crippen LogP contribution in [-0.4, -0.2) is 98.7 Å². The summed E-state index contributed by atoms with van der Waals surface area (Å²) in [6, 6.07) is -0.150. The highest BCUT2D eigenvalue weighted by Crippen LogP contribution is 2.33. The van der Waals surface area contributed by atoms with Crippen LogP contribution >= 0.6 is 0 Å². The highest BCUT2D eigenvalue weighted by molar-refractivity contribution is 7.91. The lowest BCUT2D eigenvalue weighted by molar-refractivity contribution is 0.248. The van der Waals surface area contributed by atoms with Gasteiger partial charge in [-0.3, -0.25) is 4.98 Å². The molecule has 36 heavy (non-hydrogen) atoms. The fourth-order valence-electron chi connectivity index (χ4n) is 5.12. The van der Waals surface area contributed by atoms with Gasteiger partial charge in [-0.1, -0.05) is 20.8 Å². The lowest BCUT2D eigenvalue weighted by atomic mass is 10.1. The van der Waals surface area contributed by atoms with E-state index in [1.54, 1.807) is 0 Å². The van der Waals surface area contributed by atoms with Crippen molar-refractivity contribution in [3.63, 3.8) is 0 Å². The fraction of sp³-hybridized carbons (Fsp3) is 0.680. The average Bonchev–Trinajstić information content (AvgIpc) is 3.15. The minimum absolute atomic E-state index is 0.00459. The zero-order valence-corrected chi connectivity index (χ0v) is 22.4. The summed E-state index contributed by atoms with van der Waals surface area (Å²) in [6.07, 6.45) is 4.54. The third kappa shape index (κ3) is 5.25. The maximum absolute atomic E-state index is 12.7. The van der Waals surface area contributed by atoms with Crippen LogP contribution in [0.3, 0.4) is 0 Å². The molecule has 2 atom stereocenters. The predicted molar refractivity (Wildman–Crippen MR) is 142 cm³/mol. The number of rotatable bonds is 7. The van der Waals surface area contributed by atoms with Crippen molar-refractivity contribution in [3.05, 3.63) is 23.3 Å². The van der Waals surface area contributed by atoms with Gasteiger partial charge in [0.2, 0.25) is 10.8 Å². The molecule has 2 N–H and O–H groups in total. The molecule has 2 aromatic rings. The first-order valence-electron chi connectivity index (χ1n) is 13.2. The Balaban J connectivity index is 1.30. The van der Waals surface area contributed by atoms with Crippen LogP contribution in [0.4, 0.5) is 17.6 Å². The molecule has 1 fully saturated rings. The number of aliphatic hydroxyl groups excluding tert-OH is 1. The lowest BCUT2D eigenvalue weighted by Crippen LogP contribution is -2.47. The number of aliphatic hydroxyl groups is 1. The van der Waals surface area contributed by atoms with E-state index in [2.05, 4.69) is 40.8 Å². The number of likely N-dealkylation sites (N-methyl/N-ethyl adjacent to an activating group) is 1. The minimum Gasteiger partial charge on any atom is -0.611 e. The number of aryl methyl sites for hydroxylation is 1. The number of fused-ring (bicyclic) bond motifs is 2. The average molecular weight is 515 g/mol. The monoisotopic (exact) mass is 514 g/mol. The molecule has 3 aliphatic rings. The van der Waals surface area contributed by atoms with Crippen molar-refractivity contribution < 1.29 is 9.66 Å². The molecule has 1 saturated heterocycles. The SMILES string of the molecule is CCN1CCc2ncc(N3CCN(c4nc5c(c(NC(CO)C(C)C)n4)[S+]([O-])CC5)CC3)nc2CC1. The van der Waals surface area contributed by atoms with Gasteiger partial charge in [-0.15, -0.1) is 0 Å². The molecular formula is C25H38N8O2S. The topological polar surface area (TPSA) is 117 Å². The number of hydrogen-bond donors (Lipinski definition) is 2. The molecule has 5 heterocycles. The van der Waals surface area contributed by atoms with Crippen LogP contribution in [-0.2, 0) is 30.4 Å². The van der Waals surface area contributed by atoms with E-state index in [1.807, 2.05) is 6.20 Å². The summed E-state index contributed by atoms with van der Waals surface area (Å²) in [7, 11) is 0. The second-order valence-corrected chi connectivity index (χ2v) is 11.7. The van der Waals surface area contributed by atoms with Gasteiger partial charge in [0, 0.05) is 58.5 Å². The Kier molecular flexibility index (Phi) is 7.80. The first kappa shape index (κ1) is 25.4. The minimum atomic E-state index is -1.10. The summed E-state index contributed by atoms with van der Waals surface area (Å²) < 4.78 is 12.7. The molecule has 0 saturated carbocycles. The smallest absolute Gasteiger partial charge is 0.228 e. The molecule has 5 rings (SSSR count). The van der Waals surface area contributed by atoms with Gasteiger partial charge in [0.25, 0.3) is 0 Å². The third-order valence-corrected chi connectivity index (χ3v) is 9.04. The van der Waals surface area contributed by atoms with Crippen molar-refractivity contribution in [2.75, 3.05) is 73.3 Å². The number of aromatic nitrogens is 4. The molecule has 2 aromatic heterocycles. The quantitative estimate of drug-likeness (QED) is 0.520. The van der Waals surface area contributed by atoms with E-state index < -0.39 is 11.2 Å². The second-order valence-electron chi connectivity index (χ2n) is 10.2. The van der Waals surface area contributed by atoms with Crippen LogP contribution < -0.4 is 15.1 Å². The van der Waals surface area contributed by atoms with E-state index in [4.69, 9.17) is 19.9 Å². The first-order chi connectivity index (χ1) is 17.5. The maximum Gasteiger partial charge on any atom is 0.228 e. The number of nitrogens with zero attached hydrogens (tertiary/aromatic N) is 7. The summed E-state index contributed by atoms with van der Waals surface area (Å²) in [6.45, 7) is 12.7. The van der Waals surface area contributed by atoms with Gasteiger partial charge in [-0.25, -0.2) is 9.97 Å². The molecule has 10 nitrogen and oxygen atoms in total. The van der Waals surface area contributed by atoms with Crippen molar-refractivity contribution in [1.29, 1.82) is 0 Å². The van der Waals surface area contributed by atoms with E-state index in [0.29, 0.717) is 28.8 Å².